The molecule has 11 heteroatoms. The Bertz CT molecular complexity index is 1160. The van der Waals surface area contributed by atoms with Crippen LogP contribution in [0.5, 0.6) is 0 Å². The van der Waals surface area contributed by atoms with Crippen LogP contribution in [0.4, 0.5) is 11.9 Å². The van der Waals surface area contributed by atoms with E-state index in [-0.39, 0.29) is 31.0 Å². The minimum atomic E-state index is -0.204. The Labute approximate surface area is 185 Å². The highest BCUT2D eigenvalue weighted by molar-refractivity contribution is 5.77. The molecule has 1 aliphatic heterocycles. The molecular formula is C21H26N8O3. The number of aromatic nitrogens is 5. The molecule has 0 radical (unpaired) electrons. The summed E-state index contributed by atoms with van der Waals surface area (Å²) in [5, 5.41) is 3.37. The second-order valence-corrected chi connectivity index (χ2v) is 7.63. The Balaban J connectivity index is 1.39. The zero-order valence-electron chi connectivity index (χ0n) is 18.2. The zero-order valence-corrected chi connectivity index (χ0v) is 18.2. The first-order chi connectivity index (χ1) is 15.5. The fourth-order valence-electron chi connectivity index (χ4n) is 3.33. The van der Waals surface area contributed by atoms with Crippen molar-refractivity contribution in [3.63, 3.8) is 0 Å². The fourth-order valence-corrected chi connectivity index (χ4v) is 3.33. The van der Waals surface area contributed by atoms with Crippen molar-refractivity contribution in [3.8, 4) is 0 Å². The fraction of sp³-hybridized carbons (Fsp3) is 0.429. The number of nitrogens with one attached hydrogen (secondary N) is 1. The van der Waals surface area contributed by atoms with Gasteiger partial charge in [-0.2, -0.15) is 15.0 Å². The van der Waals surface area contributed by atoms with Gasteiger partial charge in [-0.15, -0.1) is 0 Å². The molecule has 1 fully saturated rings. The van der Waals surface area contributed by atoms with Crippen LogP contribution >= 0.6 is 0 Å². The van der Waals surface area contributed by atoms with Crippen molar-refractivity contribution in [2.75, 3.05) is 50.2 Å². The number of ether oxygens (including phenoxy) is 1. The topological polar surface area (TPSA) is 118 Å². The number of aryl methyl sites for hydroxylation is 1. The Morgan fingerprint density at radius 2 is 1.94 bits per heavy atom. The first kappa shape index (κ1) is 21.6. The van der Waals surface area contributed by atoms with E-state index in [0.717, 1.165) is 0 Å². The Kier molecular flexibility index (Phi) is 6.55. The molecule has 32 heavy (non-hydrogen) atoms. The third kappa shape index (κ3) is 4.99. The van der Waals surface area contributed by atoms with Gasteiger partial charge in [-0.1, -0.05) is 12.1 Å². The van der Waals surface area contributed by atoms with Crippen molar-refractivity contribution in [3.05, 3.63) is 46.8 Å². The van der Waals surface area contributed by atoms with Crippen LogP contribution in [-0.4, -0.2) is 70.8 Å². The van der Waals surface area contributed by atoms with E-state index in [9.17, 15) is 9.59 Å². The van der Waals surface area contributed by atoms with E-state index >= 15 is 0 Å². The van der Waals surface area contributed by atoms with Gasteiger partial charge in [0.15, 0.2) is 5.82 Å². The zero-order chi connectivity index (χ0) is 22.5. The number of morpholine rings is 1. The standard InChI is InChI=1S/C21H26N8O3/c1-27(2)20-24-17(25-21(26-20)28-9-11-32-12-10-28)13-22-18(30)7-8-29-14-23-16-6-4-3-5-15(16)19(29)31/h3-6,14H,7-13H2,1-2H3,(H,22,30). The van der Waals surface area contributed by atoms with Crippen molar-refractivity contribution in [1.82, 2.24) is 29.8 Å². The summed E-state index contributed by atoms with van der Waals surface area (Å²) < 4.78 is 6.84. The molecule has 0 aliphatic carbocycles. The largest absolute Gasteiger partial charge is 0.378 e. The molecule has 0 bridgehead atoms. The Morgan fingerprint density at radius 1 is 1.16 bits per heavy atom. The number of benzene rings is 1. The van der Waals surface area contributed by atoms with E-state index in [1.807, 2.05) is 25.1 Å². The summed E-state index contributed by atoms with van der Waals surface area (Å²) >= 11 is 0. The summed E-state index contributed by atoms with van der Waals surface area (Å²) in [4.78, 5) is 46.6. The molecule has 1 N–H and O–H groups in total. The van der Waals surface area contributed by atoms with Crippen LogP contribution in [0.1, 0.15) is 12.2 Å². The number of carbonyl (C=O) groups excluding carboxylic acids is 1. The van der Waals surface area contributed by atoms with Crippen LogP contribution in [0, 0.1) is 0 Å². The number of fused-ring (bicyclic) bond motifs is 1. The second kappa shape index (κ2) is 9.69. The van der Waals surface area contributed by atoms with E-state index in [4.69, 9.17) is 4.74 Å². The third-order valence-corrected chi connectivity index (χ3v) is 5.11. The molecule has 1 aliphatic rings. The van der Waals surface area contributed by atoms with E-state index in [1.165, 1.54) is 10.9 Å². The van der Waals surface area contributed by atoms with Gasteiger partial charge < -0.3 is 19.9 Å². The summed E-state index contributed by atoms with van der Waals surface area (Å²) in [6.07, 6.45) is 1.61. The van der Waals surface area contributed by atoms with Crippen LogP contribution in [0.25, 0.3) is 10.9 Å². The number of rotatable bonds is 7. The highest BCUT2D eigenvalue weighted by atomic mass is 16.5. The predicted octanol–water partition coefficient (Wildman–Crippen LogP) is 0.191. The van der Waals surface area contributed by atoms with E-state index in [2.05, 4.69) is 25.3 Å². The van der Waals surface area contributed by atoms with Crippen LogP contribution in [0.2, 0.25) is 0 Å². The first-order valence-corrected chi connectivity index (χ1v) is 10.5. The lowest BCUT2D eigenvalue weighted by Crippen LogP contribution is -2.38. The predicted molar refractivity (Wildman–Crippen MR) is 120 cm³/mol. The molecule has 3 heterocycles. The van der Waals surface area contributed by atoms with Gasteiger partial charge in [0.2, 0.25) is 17.8 Å². The van der Waals surface area contributed by atoms with Crippen LogP contribution in [0.15, 0.2) is 35.4 Å². The van der Waals surface area contributed by atoms with Crippen molar-refractivity contribution in [2.24, 2.45) is 0 Å². The SMILES string of the molecule is CN(C)c1nc(CNC(=O)CCn2cnc3ccccc3c2=O)nc(N2CCOCC2)n1. The number of hydrogen-bond acceptors (Lipinski definition) is 9. The number of hydrogen-bond donors (Lipinski definition) is 1. The third-order valence-electron chi connectivity index (χ3n) is 5.11. The lowest BCUT2D eigenvalue weighted by Gasteiger charge is -2.27. The molecule has 1 amide bonds. The molecule has 4 rings (SSSR count). The Morgan fingerprint density at radius 3 is 2.72 bits per heavy atom. The van der Waals surface area contributed by atoms with Gasteiger partial charge in [0.25, 0.3) is 5.56 Å². The van der Waals surface area contributed by atoms with Gasteiger partial charge in [0, 0.05) is 40.2 Å². The summed E-state index contributed by atoms with van der Waals surface area (Å²) in [6.45, 7) is 3.07. The van der Waals surface area contributed by atoms with Crippen molar-refractivity contribution in [1.29, 1.82) is 0 Å². The van der Waals surface area contributed by atoms with Gasteiger partial charge in [0.1, 0.15) is 0 Å². The van der Waals surface area contributed by atoms with Crippen LogP contribution in [0.3, 0.4) is 0 Å². The van der Waals surface area contributed by atoms with Gasteiger partial charge in [-0.05, 0) is 12.1 Å². The van der Waals surface area contributed by atoms with E-state index in [0.29, 0.717) is 54.9 Å². The Hall–Kier alpha value is -3.60. The average molecular weight is 438 g/mol. The van der Waals surface area contributed by atoms with Gasteiger partial charge in [-0.25, -0.2) is 4.98 Å². The lowest BCUT2D eigenvalue weighted by atomic mass is 10.2. The minimum absolute atomic E-state index is 0.141. The smallest absolute Gasteiger partial charge is 0.261 e. The second-order valence-electron chi connectivity index (χ2n) is 7.63. The van der Waals surface area contributed by atoms with Crippen molar-refractivity contribution < 1.29 is 9.53 Å². The molecule has 0 saturated carbocycles. The van der Waals surface area contributed by atoms with E-state index in [1.54, 1.807) is 23.1 Å². The molecule has 168 valence electrons. The maximum Gasteiger partial charge on any atom is 0.261 e. The normalized spacial score (nSPS) is 13.9. The number of para-hydroxylation sites is 1. The van der Waals surface area contributed by atoms with Gasteiger partial charge in [0.05, 0.1) is 37.0 Å². The molecule has 3 aromatic rings. The maximum atomic E-state index is 12.6. The quantitative estimate of drug-likeness (QED) is 0.551. The maximum absolute atomic E-state index is 12.6. The number of carbonyl (C=O) groups is 1. The molecule has 2 aromatic heterocycles. The minimum Gasteiger partial charge on any atom is -0.378 e. The highest BCUT2D eigenvalue weighted by Gasteiger charge is 2.17. The van der Waals surface area contributed by atoms with Crippen molar-refractivity contribution in [2.45, 2.75) is 19.5 Å². The lowest BCUT2D eigenvalue weighted by molar-refractivity contribution is -0.121. The number of nitrogens with zero attached hydrogens (tertiary/aromatic N) is 7. The van der Waals surface area contributed by atoms with Gasteiger partial charge >= 0.3 is 0 Å². The average Bonchev–Trinajstić information content (AvgIpc) is 2.83. The molecule has 1 saturated heterocycles. The summed E-state index contributed by atoms with van der Waals surface area (Å²) in [5.41, 5.74) is 0.479. The molecular weight excluding hydrogens is 412 g/mol. The molecule has 0 spiro atoms. The van der Waals surface area contributed by atoms with Crippen LogP contribution < -0.4 is 20.7 Å². The summed E-state index contributed by atoms with van der Waals surface area (Å²) in [6, 6.07) is 7.15. The van der Waals surface area contributed by atoms with Gasteiger partial charge in [-0.3, -0.25) is 14.2 Å². The van der Waals surface area contributed by atoms with Crippen LogP contribution in [-0.2, 0) is 22.6 Å². The summed E-state index contributed by atoms with van der Waals surface area (Å²) in [5.74, 6) is 1.37. The molecule has 11 nitrogen and oxygen atoms in total. The highest BCUT2D eigenvalue weighted by Crippen LogP contribution is 2.14. The van der Waals surface area contributed by atoms with Crippen molar-refractivity contribution >= 4 is 28.7 Å². The molecule has 0 unspecified atom stereocenters. The van der Waals surface area contributed by atoms with E-state index < -0.39 is 0 Å². The molecule has 0 atom stereocenters. The first-order valence-electron chi connectivity index (χ1n) is 10.5. The number of anilines is 2. The number of amides is 1. The molecule has 1 aromatic carbocycles. The monoisotopic (exact) mass is 438 g/mol. The summed E-state index contributed by atoms with van der Waals surface area (Å²) in [7, 11) is 3.71.